The summed E-state index contributed by atoms with van der Waals surface area (Å²) < 4.78 is 22.8. The normalized spacial score (nSPS) is 13.3. The van der Waals surface area contributed by atoms with E-state index in [4.69, 9.17) is 18.9 Å². The van der Waals surface area contributed by atoms with Gasteiger partial charge in [0.05, 0.1) is 40.3 Å². The van der Waals surface area contributed by atoms with Gasteiger partial charge >= 0.3 is 11.9 Å². The fourth-order valence-electron chi connectivity index (χ4n) is 11.9. The van der Waals surface area contributed by atoms with Gasteiger partial charge in [-0.15, -0.1) is 0 Å². The van der Waals surface area contributed by atoms with Gasteiger partial charge in [0.15, 0.2) is 12.4 Å². The van der Waals surface area contributed by atoms with Crippen LogP contribution in [-0.2, 0) is 33.3 Å². The molecular formula is C90H157NO8. The van der Waals surface area contributed by atoms with E-state index in [1.807, 2.05) is 21.1 Å². The maximum absolute atomic E-state index is 12.9. The Balaban J connectivity index is 4.05. The molecule has 0 aliphatic rings. The van der Waals surface area contributed by atoms with Crippen LogP contribution in [0.15, 0.2) is 122 Å². The molecular weight excluding hydrogens is 1220 g/mol. The summed E-state index contributed by atoms with van der Waals surface area (Å²) in [5.41, 5.74) is 0. The molecule has 0 saturated heterocycles. The molecule has 0 spiro atoms. The van der Waals surface area contributed by atoms with Gasteiger partial charge in [-0.1, -0.05) is 392 Å². The van der Waals surface area contributed by atoms with E-state index in [2.05, 4.69) is 135 Å². The van der Waals surface area contributed by atoms with E-state index < -0.39 is 24.3 Å². The number of aliphatic carboxylic acids is 1. The predicted octanol–water partition coefficient (Wildman–Crippen LogP) is 25.7. The zero-order valence-electron chi connectivity index (χ0n) is 65.3. The van der Waals surface area contributed by atoms with Crippen molar-refractivity contribution in [1.82, 2.24) is 0 Å². The minimum absolute atomic E-state index is 0.134. The monoisotopic (exact) mass is 1380 g/mol. The molecule has 9 heteroatoms. The summed E-state index contributed by atoms with van der Waals surface area (Å²) in [6.45, 7) is 4.62. The van der Waals surface area contributed by atoms with Gasteiger partial charge < -0.3 is 33.3 Å². The summed E-state index contributed by atoms with van der Waals surface area (Å²) in [6, 6.07) is 0. The highest BCUT2D eigenvalue weighted by Gasteiger charge is 2.22. The van der Waals surface area contributed by atoms with Gasteiger partial charge in [0.2, 0.25) is 0 Å². The number of hydrogen-bond acceptors (Lipinski definition) is 8. The van der Waals surface area contributed by atoms with Gasteiger partial charge in [0, 0.05) is 12.8 Å². The lowest BCUT2D eigenvalue weighted by atomic mass is 10.0. The van der Waals surface area contributed by atoms with Crippen LogP contribution in [-0.4, -0.2) is 82.3 Å². The molecule has 0 N–H and O–H groups in total. The fraction of sp³-hybridized carbons (Fsp3) is 0.744. The van der Waals surface area contributed by atoms with Crippen LogP contribution in [0.25, 0.3) is 0 Å². The second kappa shape index (κ2) is 79.4. The average Bonchev–Trinajstić information content (AvgIpc) is 1.57. The second-order valence-electron chi connectivity index (χ2n) is 29.0. The van der Waals surface area contributed by atoms with E-state index in [-0.39, 0.29) is 38.6 Å². The van der Waals surface area contributed by atoms with E-state index in [0.29, 0.717) is 17.4 Å². The van der Waals surface area contributed by atoms with Crippen molar-refractivity contribution < 1.29 is 42.9 Å². The largest absolute Gasteiger partial charge is 0.545 e. The number of quaternary nitrogens is 1. The highest BCUT2D eigenvalue weighted by atomic mass is 16.7. The Hall–Kier alpha value is -4.31. The Kier molecular flexibility index (Phi) is 75.9. The molecule has 0 aliphatic carbocycles. The van der Waals surface area contributed by atoms with Crippen molar-refractivity contribution in [3.05, 3.63) is 122 Å². The molecule has 9 nitrogen and oxygen atoms in total. The molecule has 0 aromatic carbocycles. The van der Waals surface area contributed by atoms with Crippen LogP contribution in [0.1, 0.15) is 373 Å². The van der Waals surface area contributed by atoms with Crippen LogP contribution in [0.2, 0.25) is 0 Å². The summed E-state index contributed by atoms with van der Waals surface area (Å²) in [7, 11) is 5.92. The zero-order valence-corrected chi connectivity index (χ0v) is 65.3. The third-order valence-electron chi connectivity index (χ3n) is 18.2. The summed E-state index contributed by atoms with van der Waals surface area (Å²) in [4.78, 5) is 37.6. The number of carbonyl (C=O) groups excluding carboxylic acids is 3. The molecule has 2 atom stereocenters. The molecule has 0 aromatic heterocycles. The van der Waals surface area contributed by atoms with E-state index >= 15 is 0 Å². The molecule has 0 bridgehead atoms. The van der Waals surface area contributed by atoms with Gasteiger partial charge in [-0.3, -0.25) is 9.59 Å². The lowest BCUT2D eigenvalue weighted by molar-refractivity contribution is -0.870. The van der Waals surface area contributed by atoms with Crippen LogP contribution < -0.4 is 5.11 Å². The molecule has 570 valence electrons. The predicted molar refractivity (Wildman–Crippen MR) is 426 cm³/mol. The smallest absolute Gasteiger partial charge is 0.306 e. The number of ether oxygens (including phenoxy) is 4. The summed E-state index contributed by atoms with van der Waals surface area (Å²) in [5.74, 6) is -2.34. The van der Waals surface area contributed by atoms with Gasteiger partial charge in [0.1, 0.15) is 13.2 Å². The first kappa shape index (κ1) is 94.7. The lowest BCUT2D eigenvalue weighted by Crippen LogP contribution is -2.44. The highest BCUT2D eigenvalue weighted by molar-refractivity contribution is 5.70. The molecule has 0 amide bonds. The van der Waals surface area contributed by atoms with Crippen LogP contribution in [0.5, 0.6) is 0 Å². The molecule has 99 heavy (non-hydrogen) atoms. The van der Waals surface area contributed by atoms with Crippen LogP contribution in [0, 0.1) is 0 Å². The van der Waals surface area contributed by atoms with Crippen molar-refractivity contribution >= 4 is 17.9 Å². The molecule has 0 rings (SSSR count). The highest BCUT2D eigenvalue weighted by Crippen LogP contribution is 2.19. The van der Waals surface area contributed by atoms with Crippen molar-refractivity contribution in [1.29, 1.82) is 0 Å². The van der Waals surface area contributed by atoms with Crippen molar-refractivity contribution in [2.45, 2.75) is 386 Å². The molecule has 0 aromatic rings. The van der Waals surface area contributed by atoms with Gasteiger partial charge in [-0.25, -0.2) is 0 Å². The van der Waals surface area contributed by atoms with E-state index in [1.165, 1.54) is 244 Å². The van der Waals surface area contributed by atoms with Crippen LogP contribution >= 0.6 is 0 Å². The molecule has 0 aliphatic heterocycles. The van der Waals surface area contributed by atoms with E-state index in [0.717, 1.165) is 96.3 Å². The first-order valence-electron chi connectivity index (χ1n) is 41.7. The Labute approximate surface area is 612 Å². The number of rotatable bonds is 77. The van der Waals surface area contributed by atoms with E-state index in [1.54, 1.807) is 0 Å². The van der Waals surface area contributed by atoms with Crippen molar-refractivity contribution in [3.63, 3.8) is 0 Å². The average molecular weight is 1380 g/mol. The number of carbonyl (C=O) groups is 3. The third-order valence-corrected chi connectivity index (χ3v) is 18.2. The number of likely N-dealkylation sites (N-methyl/N-ethyl adjacent to an activating group) is 1. The SMILES string of the molecule is CC/C=C\C/C=C\C/C=C\C/C=C\C/C=C\C/C=C\C/C=C\C/C=C\C/C=C\C/C=C\CCCCC(=O)OC(COC(=O)CCCCCCCCCCCCCCCCCCCCCCCCCCCCCCCCCCCCCCCCCCC)COC(OCC[N+](C)(C)C)C(=O)[O-]. The minimum atomic E-state index is -1.64. The number of carboxylic acid groups (broad SMARTS) is 1. The molecule has 0 saturated carbocycles. The number of esters is 2. The van der Waals surface area contributed by atoms with Gasteiger partial charge in [-0.2, -0.15) is 0 Å². The number of unbranched alkanes of at least 4 members (excludes halogenated alkanes) is 42. The Morgan fingerprint density at radius 1 is 0.313 bits per heavy atom. The first-order valence-corrected chi connectivity index (χ1v) is 41.7. The van der Waals surface area contributed by atoms with Crippen LogP contribution in [0.3, 0.4) is 0 Å². The van der Waals surface area contributed by atoms with Crippen molar-refractivity contribution in [2.75, 3.05) is 47.5 Å². The number of hydrogen-bond donors (Lipinski definition) is 0. The first-order chi connectivity index (χ1) is 48.6. The fourth-order valence-corrected chi connectivity index (χ4v) is 11.9. The summed E-state index contributed by atoms with van der Waals surface area (Å²) >= 11 is 0. The maximum Gasteiger partial charge on any atom is 0.306 e. The van der Waals surface area contributed by atoms with Crippen molar-refractivity contribution in [3.8, 4) is 0 Å². The van der Waals surface area contributed by atoms with Gasteiger partial charge in [-0.05, 0) is 89.9 Å². The minimum Gasteiger partial charge on any atom is -0.545 e. The molecule has 0 radical (unpaired) electrons. The Morgan fingerprint density at radius 2 is 0.576 bits per heavy atom. The van der Waals surface area contributed by atoms with Crippen molar-refractivity contribution in [2.24, 2.45) is 0 Å². The zero-order chi connectivity index (χ0) is 71.8. The molecule has 0 fully saturated rings. The molecule has 0 heterocycles. The number of nitrogens with zero attached hydrogens (tertiary/aromatic N) is 1. The van der Waals surface area contributed by atoms with Crippen LogP contribution in [0.4, 0.5) is 0 Å². The topological polar surface area (TPSA) is 111 Å². The lowest BCUT2D eigenvalue weighted by Gasteiger charge is -2.26. The number of carboxylic acids is 1. The maximum atomic E-state index is 12.9. The Morgan fingerprint density at radius 3 is 0.859 bits per heavy atom. The quantitative estimate of drug-likeness (QED) is 0.0195. The standard InChI is InChI=1S/C90H157NO8/c1-6-8-10-12-14-16-18-20-22-24-26-28-30-32-34-36-38-40-41-42-43-44-45-46-47-49-50-52-54-56-58-60-62-64-66-68-70-72-74-76-78-80-87(92)97-84-86(85-98-90(89(94)95)96-83-82-91(3,4)5)99-88(93)81-79-77-75-73-71-69-67-65-63-61-59-57-55-53-51-48-39-37-35-33-31-29-27-25-23-21-19-17-15-13-11-9-7-2/h9,11,15,17,21,23,27,29,33,35,39,48,53,55,59,61,65,67,71,73,86,90H,6-8,10,12-14,16,18-20,22,24-26,28,30-32,34,36-38,40-47,49-52,54,56-58,60,62-64,66,68-70,72,74-85H2,1-5H3/b11-9-,17-15-,23-21-,29-27-,35-33-,48-39-,55-53-,61-59-,67-65-,73-71-. The second-order valence-corrected chi connectivity index (χ2v) is 29.0. The van der Waals surface area contributed by atoms with E-state index in [9.17, 15) is 19.5 Å². The Bertz CT molecular complexity index is 2050. The van der Waals surface area contributed by atoms with Gasteiger partial charge in [0.25, 0.3) is 0 Å². The third kappa shape index (κ3) is 80.9. The number of allylic oxidation sites excluding steroid dienone is 20. The molecule has 2 unspecified atom stereocenters. The summed E-state index contributed by atoms with van der Waals surface area (Å²) in [5, 5.41) is 11.9. The summed E-state index contributed by atoms with van der Waals surface area (Å²) in [6.07, 6.45) is 111.